The highest BCUT2D eigenvalue weighted by Gasteiger charge is 2.14. The molecule has 152 valence electrons. The minimum Gasteiger partial charge on any atom is -0.387 e. The molecule has 0 fully saturated rings. The number of nitro groups is 1. The number of benzene rings is 2. The zero-order valence-electron chi connectivity index (χ0n) is 15.8. The Morgan fingerprint density at radius 2 is 1.52 bits per heavy atom. The van der Waals surface area contributed by atoms with E-state index in [1.807, 2.05) is 0 Å². The van der Waals surface area contributed by atoms with Crippen molar-refractivity contribution in [3.63, 3.8) is 0 Å². The van der Waals surface area contributed by atoms with Crippen LogP contribution in [-0.2, 0) is 9.59 Å². The molecule has 0 aliphatic rings. The summed E-state index contributed by atoms with van der Waals surface area (Å²) in [6.07, 6.45) is -1.08. The van der Waals surface area contributed by atoms with E-state index in [0.29, 0.717) is 16.9 Å². The van der Waals surface area contributed by atoms with Crippen molar-refractivity contribution in [2.45, 2.75) is 20.0 Å². The Labute approximate surface area is 166 Å². The van der Waals surface area contributed by atoms with E-state index in [1.54, 1.807) is 0 Å². The third-order valence-corrected chi connectivity index (χ3v) is 3.78. The van der Waals surface area contributed by atoms with Gasteiger partial charge in [0.2, 0.25) is 11.8 Å². The Balaban J connectivity index is 2.11. The lowest BCUT2D eigenvalue weighted by Gasteiger charge is -2.14. The van der Waals surface area contributed by atoms with Crippen LogP contribution in [-0.4, -0.2) is 34.3 Å². The Kier molecular flexibility index (Phi) is 6.99. The summed E-state index contributed by atoms with van der Waals surface area (Å²) in [5, 5.41) is 28.5. The Bertz CT molecular complexity index is 908. The molecular weight excluding hydrogens is 380 g/mol. The minimum atomic E-state index is -1.08. The Hall–Kier alpha value is -3.79. The Morgan fingerprint density at radius 3 is 1.97 bits per heavy atom. The number of carbonyl (C=O) groups excluding carboxylic acids is 3. The van der Waals surface area contributed by atoms with Crippen molar-refractivity contribution in [1.82, 2.24) is 5.32 Å². The average Bonchev–Trinajstić information content (AvgIpc) is 2.64. The van der Waals surface area contributed by atoms with Crippen LogP contribution >= 0.6 is 0 Å². The van der Waals surface area contributed by atoms with Gasteiger partial charge < -0.3 is 21.1 Å². The summed E-state index contributed by atoms with van der Waals surface area (Å²) in [5.41, 5.74) is 1.11. The van der Waals surface area contributed by atoms with Gasteiger partial charge in [-0.2, -0.15) is 0 Å². The fourth-order valence-corrected chi connectivity index (χ4v) is 2.54. The van der Waals surface area contributed by atoms with E-state index < -0.39 is 16.9 Å². The van der Waals surface area contributed by atoms with Crippen LogP contribution in [0.2, 0.25) is 0 Å². The third kappa shape index (κ3) is 6.40. The summed E-state index contributed by atoms with van der Waals surface area (Å²) in [6, 6.07) is 9.70. The topological polar surface area (TPSA) is 151 Å². The van der Waals surface area contributed by atoms with Gasteiger partial charge in [0.25, 0.3) is 11.6 Å². The molecular formula is C19H20N4O6. The molecule has 10 nitrogen and oxygen atoms in total. The van der Waals surface area contributed by atoms with E-state index in [0.717, 1.165) is 0 Å². The molecule has 0 aromatic heterocycles. The predicted molar refractivity (Wildman–Crippen MR) is 105 cm³/mol. The summed E-state index contributed by atoms with van der Waals surface area (Å²) in [6.45, 7) is 2.48. The maximum absolute atomic E-state index is 12.5. The second kappa shape index (κ2) is 9.42. The number of aliphatic hydroxyl groups excluding tert-OH is 1. The predicted octanol–water partition coefficient (Wildman–Crippen LogP) is 1.97. The van der Waals surface area contributed by atoms with Gasteiger partial charge in [0.05, 0.1) is 11.0 Å². The maximum Gasteiger partial charge on any atom is 0.269 e. The highest BCUT2D eigenvalue weighted by Crippen LogP contribution is 2.20. The first-order chi connectivity index (χ1) is 13.7. The van der Waals surface area contributed by atoms with Crippen molar-refractivity contribution in [3.05, 3.63) is 63.7 Å². The van der Waals surface area contributed by atoms with Crippen molar-refractivity contribution < 1.29 is 24.4 Å². The Morgan fingerprint density at radius 1 is 1.00 bits per heavy atom. The molecule has 0 bridgehead atoms. The molecule has 0 radical (unpaired) electrons. The lowest BCUT2D eigenvalue weighted by molar-refractivity contribution is -0.384. The van der Waals surface area contributed by atoms with E-state index in [9.17, 15) is 29.6 Å². The fourth-order valence-electron chi connectivity index (χ4n) is 2.54. The SMILES string of the molecule is CC(=O)Nc1cc(NC(C)=O)cc(C(=O)NC[C@H](O)c2ccc([N+](=O)[O-])cc2)c1. The number of nitro benzene ring substituents is 1. The van der Waals surface area contributed by atoms with Gasteiger partial charge in [0.15, 0.2) is 0 Å². The zero-order valence-corrected chi connectivity index (χ0v) is 15.8. The van der Waals surface area contributed by atoms with Crippen molar-refractivity contribution in [3.8, 4) is 0 Å². The van der Waals surface area contributed by atoms with Gasteiger partial charge in [-0.05, 0) is 35.9 Å². The monoisotopic (exact) mass is 400 g/mol. The van der Waals surface area contributed by atoms with Gasteiger partial charge in [-0.25, -0.2) is 0 Å². The van der Waals surface area contributed by atoms with Crippen molar-refractivity contribution in [2.75, 3.05) is 17.2 Å². The highest BCUT2D eigenvalue weighted by atomic mass is 16.6. The summed E-state index contributed by atoms with van der Waals surface area (Å²) in [4.78, 5) is 45.2. The van der Waals surface area contributed by atoms with Crippen LogP contribution in [0.4, 0.5) is 17.1 Å². The average molecular weight is 400 g/mol. The number of hydrogen-bond donors (Lipinski definition) is 4. The van der Waals surface area contributed by atoms with Gasteiger partial charge >= 0.3 is 0 Å². The van der Waals surface area contributed by atoms with Crippen LogP contribution < -0.4 is 16.0 Å². The number of amides is 3. The molecule has 10 heteroatoms. The van der Waals surface area contributed by atoms with Crippen LogP contribution in [0.15, 0.2) is 42.5 Å². The number of rotatable bonds is 7. The second-order valence-corrected chi connectivity index (χ2v) is 6.24. The van der Waals surface area contributed by atoms with Crippen LogP contribution in [0.5, 0.6) is 0 Å². The number of non-ortho nitro benzene ring substituents is 1. The zero-order chi connectivity index (χ0) is 21.6. The van der Waals surface area contributed by atoms with E-state index in [-0.39, 0.29) is 29.6 Å². The molecule has 0 saturated carbocycles. The van der Waals surface area contributed by atoms with Crippen molar-refractivity contribution in [1.29, 1.82) is 0 Å². The third-order valence-electron chi connectivity index (χ3n) is 3.78. The number of nitrogens with one attached hydrogen (secondary N) is 3. The summed E-state index contributed by atoms with van der Waals surface area (Å²) in [7, 11) is 0. The lowest BCUT2D eigenvalue weighted by Crippen LogP contribution is -2.28. The largest absolute Gasteiger partial charge is 0.387 e. The lowest BCUT2D eigenvalue weighted by atomic mass is 10.1. The summed E-state index contributed by atoms with van der Waals surface area (Å²) >= 11 is 0. The smallest absolute Gasteiger partial charge is 0.269 e. The van der Waals surface area contributed by atoms with Gasteiger partial charge in [-0.15, -0.1) is 0 Å². The maximum atomic E-state index is 12.5. The number of hydrogen-bond acceptors (Lipinski definition) is 6. The number of carbonyl (C=O) groups is 3. The molecule has 3 amide bonds. The van der Waals surface area contributed by atoms with E-state index in [1.165, 1.54) is 56.3 Å². The van der Waals surface area contributed by atoms with Crippen LogP contribution in [0.1, 0.15) is 35.9 Å². The van der Waals surface area contributed by atoms with Gasteiger partial charge in [0.1, 0.15) is 0 Å². The van der Waals surface area contributed by atoms with Gasteiger partial charge in [-0.1, -0.05) is 0 Å². The molecule has 0 aliphatic carbocycles. The molecule has 0 unspecified atom stereocenters. The molecule has 0 saturated heterocycles. The minimum absolute atomic E-state index is 0.106. The number of nitrogens with zero attached hydrogens (tertiary/aromatic N) is 1. The normalized spacial score (nSPS) is 11.3. The highest BCUT2D eigenvalue weighted by molar-refractivity contribution is 5.99. The van der Waals surface area contributed by atoms with E-state index in [4.69, 9.17) is 0 Å². The van der Waals surface area contributed by atoms with Crippen LogP contribution in [0.25, 0.3) is 0 Å². The quantitative estimate of drug-likeness (QED) is 0.412. The molecule has 0 spiro atoms. The van der Waals surface area contributed by atoms with Crippen LogP contribution in [0.3, 0.4) is 0 Å². The van der Waals surface area contributed by atoms with Gasteiger partial charge in [0, 0.05) is 49.5 Å². The van der Waals surface area contributed by atoms with Crippen molar-refractivity contribution in [2.24, 2.45) is 0 Å². The molecule has 2 aromatic rings. The summed E-state index contributed by atoms with van der Waals surface area (Å²) in [5.74, 6) is -1.22. The van der Waals surface area contributed by atoms with E-state index >= 15 is 0 Å². The molecule has 1 atom stereocenters. The first-order valence-electron chi connectivity index (χ1n) is 8.56. The molecule has 0 aliphatic heterocycles. The first kappa shape index (κ1) is 21.5. The molecule has 0 heterocycles. The standard InChI is InChI=1S/C19H20N4O6/c1-11(24)21-15-7-14(8-16(9-15)22-12(2)25)19(27)20-10-18(26)13-3-5-17(6-4-13)23(28)29/h3-9,18,26H,10H2,1-2H3,(H,20,27)(H,21,24)(H,22,25)/t18-/m0/s1. The summed E-state index contributed by atoms with van der Waals surface area (Å²) < 4.78 is 0. The van der Waals surface area contributed by atoms with Gasteiger partial charge in [-0.3, -0.25) is 24.5 Å². The molecule has 2 rings (SSSR count). The fraction of sp³-hybridized carbons (Fsp3) is 0.211. The van der Waals surface area contributed by atoms with Crippen LogP contribution in [0, 0.1) is 10.1 Å². The number of aliphatic hydroxyl groups is 1. The first-order valence-corrected chi connectivity index (χ1v) is 8.56. The molecule has 2 aromatic carbocycles. The number of anilines is 2. The van der Waals surface area contributed by atoms with E-state index in [2.05, 4.69) is 16.0 Å². The molecule has 4 N–H and O–H groups in total. The molecule has 29 heavy (non-hydrogen) atoms. The second-order valence-electron chi connectivity index (χ2n) is 6.24. The van der Waals surface area contributed by atoms with Crippen molar-refractivity contribution >= 4 is 34.8 Å².